The van der Waals surface area contributed by atoms with E-state index in [2.05, 4.69) is 29.2 Å². The van der Waals surface area contributed by atoms with E-state index in [9.17, 15) is 0 Å². The molecule has 0 radical (unpaired) electrons. The molecule has 4 heteroatoms. The van der Waals surface area contributed by atoms with Crippen molar-refractivity contribution in [2.45, 2.75) is 31.1 Å². The second kappa shape index (κ2) is 4.53. The van der Waals surface area contributed by atoms with Crippen LogP contribution in [-0.4, -0.2) is 48.0 Å². The molecule has 0 aromatic rings. The van der Waals surface area contributed by atoms with Crippen LogP contribution in [0.2, 0.25) is 0 Å². The molecule has 1 N–H and O–H groups in total. The molecule has 1 fully saturated rings. The summed E-state index contributed by atoms with van der Waals surface area (Å²) < 4.78 is 0. The quantitative estimate of drug-likeness (QED) is 0.759. The molecule has 80 valence electrons. The normalized spacial score (nSPS) is 26.8. The summed E-state index contributed by atoms with van der Waals surface area (Å²) in [7, 11) is 2.21. The smallest absolute Gasteiger partial charge is 0.156 e. The first-order valence-corrected chi connectivity index (χ1v) is 6.29. The summed E-state index contributed by atoms with van der Waals surface area (Å²) in [6.07, 6.45) is 2.78. The SMILES string of the molecule is CC1CN=C(NCCN(C)C2CC2)S1. The van der Waals surface area contributed by atoms with Crippen molar-refractivity contribution in [2.24, 2.45) is 4.99 Å². The van der Waals surface area contributed by atoms with Crippen LogP contribution < -0.4 is 5.32 Å². The second-order valence-corrected chi connectivity index (χ2v) is 5.64. The van der Waals surface area contributed by atoms with Gasteiger partial charge in [0, 0.05) is 24.4 Å². The third-order valence-electron chi connectivity index (χ3n) is 2.72. The minimum atomic E-state index is 0.665. The lowest BCUT2D eigenvalue weighted by Crippen LogP contribution is -2.32. The highest BCUT2D eigenvalue weighted by Crippen LogP contribution is 2.24. The van der Waals surface area contributed by atoms with Crippen molar-refractivity contribution in [1.29, 1.82) is 0 Å². The molecule has 2 aliphatic rings. The number of aliphatic imine (C=N–C) groups is 1. The number of nitrogens with one attached hydrogen (secondary N) is 1. The molecule has 1 saturated carbocycles. The van der Waals surface area contributed by atoms with Gasteiger partial charge in [-0.2, -0.15) is 0 Å². The molecule has 0 bridgehead atoms. The Morgan fingerprint density at radius 2 is 2.36 bits per heavy atom. The van der Waals surface area contributed by atoms with E-state index in [4.69, 9.17) is 0 Å². The van der Waals surface area contributed by atoms with Gasteiger partial charge >= 0.3 is 0 Å². The Kier molecular flexibility index (Phi) is 3.34. The number of rotatable bonds is 4. The van der Waals surface area contributed by atoms with Crippen LogP contribution >= 0.6 is 11.8 Å². The number of hydrogen-bond donors (Lipinski definition) is 1. The molecule has 2 rings (SSSR count). The zero-order valence-electron chi connectivity index (χ0n) is 8.99. The van der Waals surface area contributed by atoms with Crippen molar-refractivity contribution in [1.82, 2.24) is 10.2 Å². The van der Waals surface area contributed by atoms with E-state index in [1.54, 1.807) is 0 Å². The first-order chi connectivity index (χ1) is 6.75. The Hall–Kier alpha value is -0.220. The predicted molar refractivity (Wildman–Crippen MR) is 63.0 cm³/mol. The number of thioether (sulfide) groups is 1. The molecule has 1 heterocycles. The average Bonchev–Trinajstić information content (AvgIpc) is 2.92. The third kappa shape index (κ3) is 2.89. The summed E-state index contributed by atoms with van der Waals surface area (Å²) in [4.78, 5) is 6.87. The molecule has 0 spiro atoms. The van der Waals surface area contributed by atoms with Gasteiger partial charge in [0.05, 0.1) is 6.54 Å². The van der Waals surface area contributed by atoms with Gasteiger partial charge in [-0.05, 0) is 19.9 Å². The van der Waals surface area contributed by atoms with E-state index >= 15 is 0 Å². The van der Waals surface area contributed by atoms with Crippen LogP contribution in [0.1, 0.15) is 19.8 Å². The molecule has 1 aliphatic heterocycles. The van der Waals surface area contributed by atoms with E-state index in [-0.39, 0.29) is 0 Å². The summed E-state index contributed by atoms with van der Waals surface area (Å²) in [6, 6.07) is 0.869. The fraction of sp³-hybridized carbons (Fsp3) is 0.900. The molecule has 14 heavy (non-hydrogen) atoms. The van der Waals surface area contributed by atoms with Gasteiger partial charge in [0.1, 0.15) is 0 Å². The van der Waals surface area contributed by atoms with Gasteiger partial charge in [-0.15, -0.1) is 0 Å². The molecular weight excluding hydrogens is 194 g/mol. The molecule has 1 atom stereocenters. The predicted octanol–water partition coefficient (Wildman–Crippen LogP) is 1.16. The lowest BCUT2D eigenvalue weighted by atomic mass is 10.5. The van der Waals surface area contributed by atoms with Crippen LogP contribution in [0, 0.1) is 0 Å². The zero-order valence-corrected chi connectivity index (χ0v) is 9.81. The van der Waals surface area contributed by atoms with Crippen LogP contribution in [0.5, 0.6) is 0 Å². The highest BCUT2D eigenvalue weighted by Gasteiger charge is 2.25. The van der Waals surface area contributed by atoms with E-state index < -0.39 is 0 Å². The summed E-state index contributed by atoms with van der Waals surface area (Å²) >= 11 is 1.86. The maximum atomic E-state index is 4.42. The average molecular weight is 213 g/mol. The number of nitrogens with zero attached hydrogens (tertiary/aromatic N) is 2. The van der Waals surface area contributed by atoms with Crippen molar-refractivity contribution in [3.63, 3.8) is 0 Å². The Morgan fingerprint density at radius 1 is 1.57 bits per heavy atom. The van der Waals surface area contributed by atoms with Crippen molar-refractivity contribution >= 4 is 16.9 Å². The Balaban J connectivity index is 1.58. The molecule has 0 saturated heterocycles. The number of likely N-dealkylation sites (N-methyl/N-ethyl adjacent to an activating group) is 1. The van der Waals surface area contributed by atoms with Crippen LogP contribution in [0.15, 0.2) is 4.99 Å². The lowest BCUT2D eigenvalue weighted by molar-refractivity contribution is 0.329. The maximum absolute atomic E-state index is 4.42. The van der Waals surface area contributed by atoms with Crippen molar-refractivity contribution in [2.75, 3.05) is 26.7 Å². The summed E-state index contributed by atoms with van der Waals surface area (Å²) in [6.45, 7) is 5.37. The minimum absolute atomic E-state index is 0.665. The van der Waals surface area contributed by atoms with Crippen LogP contribution in [0.3, 0.4) is 0 Å². The number of amidine groups is 1. The van der Waals surface area contributed by atoms with Crippen LogP contribution in [-0.2, 0) is 0 Å². The standard InChI is InChI=1S/C10H19N3S/c1-8-7-12-10(14-8)11-5-6-13(2)9-3-4-9/h8-9H,3-7H2,1-2H3,(H,11,12). The Morgan fingerprint density at radius 3 is 2.93 bits per heavy atom. The van der Waals surface area contributed by atoms with E-state index in [0.717, 1.165) is 30.8 Å². The van der Waals surface area contributed by atoms with Gasteiger partial charge in [0.15, 0.2) is 5.17 Å². The van der Waals surface area contributed by atoms with Gasteiger partial charge in [-0.1, -0.05) is 18.7 Å². The van der Waals surface area contributed by atoms with Crippen LogP contribution in [0.4, 0.5) is 0 Å². The zero-order chi connectivity index (χ0) is 9.97. The second-order valence-electron chi connectivity index (χ2n) is 4.21. The van der Waals surface area contributed by atoms with Gasteiger partial charge < -0.3 is 10.2 Å². The molecular formula is C10H19N3S. The summed E-state index contributed by atoms with van der Waals surface area (Å²) in [5.41, 5.74) is 0. The van der Waals surface area contributed by atoms with E-state index in [0.29, 0.717) is 5.25 Å². The Labute approximate surface area is 90.3 Å². The third-order valence-corrected chi connectivity index (χ3v) is 3.76. The maximum Gasteiger partial charge on any atom is 0.156 e. The molecule has 1 aliphatic carbocycles. The highest BCUT2D eigenvalue weighted by atomic mass is 32.2. The summed E-state index contributed by atoms with van der Waals surface area (Å²) in [5.74, 6) is 0. The molecule has 0 aromatic carbocycles. The van der Waals surface area contributed by atoms with Crippen LogP contribution in [0.25, 0.3) is 0 Å². The topological polar surface area (TPSA) is 27.6 Å². The lowest BCUT2D eigenvalue weighted by Gasteiger charge is -2.15. The molecule has 3 nitrogen and oxygen atoms in total. The first-order valence-electron chi connectivity index (χ1n) is 5.41. The van der Waals surface area contributed by atoms with E-state index in [1.807, 2.05) is 11.8 Å². The largest absolute Gasteiger partial charge is 0.364 e. The van der Waals surface area contributed by atoms with E-state index in [1.165, 1.54) is 12.8 Å². The van der Waals surface area contributed by atoms with Crippen molar-refractivity contribution < 1.29 is 0 Å². The van der Waals surface area contributed by atoms with Gasteiger partial charge in [0.2, 0.25) is 0 Å². The monoisotopic (exact) mass is 213 g/mol. The first kappa shape index (κ1) is 10.3. The van der Waals surface area contributed by atoms with Gasteiger partial charge in [-0.25, -0.2) is 0 Å². The molecule has 1 unspecified atom stereocenters. The minimum Gasteiger partial charge on any atom is -0.364 e. The fourth-order valence-corrected chi connectivity index (χ4v) is 2.48. The van der Waals surface area contributed by atoms with Gasteiger partial charge in [-0.3, -0.25) is 4.99 Å². The Bertz CT molecular complexity index is 225. The van der Waals surface area contributed by atoms with Crippen molar-refractivity contribution in [3.8, 4) is 0 Å². The molecule has 0 aromatic heterocycles. The molecule has 0 amide bonds. The number of hydrogen-bond acceptors (Lipinski definition) is 4. The van der Waals surface area contributed by atoms with Gasteiger partial charge in [0.25, 0.3) is 0 Å². The highest BCUT2D eigenvalue weighted by molar-refractivity contribution is 8.14. The van der Waals surface area contributed by atoms with Crippen molar-refractivity contribution in [3.05, 3.63) is 0 Å². The fourth-order valence-electron chi connectivity index (χ4n) is 1.61. The summed E-state index contributed by atoms with van der Waals surface area (Å²) in [5, 5.41) is 5.20.